The second-order valence-electron chi connectivity index (χ2n) is 5.70. The van der Waals surface area contributed by atoms with Crippen LogP contribution < -0.4 is 5.32 Å². The fraction of sp³-hybridized carbons (Fsp3) is 0.667. The summed E-state index contributed by atoms with van der Waals surface area (Å²) < 4.78 is 1.75. The van der Waals surface area contributed by atoms with Crippen LogP contribution in [0, 0.1) is 5.92 Å². The average Bonchev–Trinajstić information content (AvgIpc) is 2.70. The lowest BCUT2D eigenvalue weighted by molar-refractivity contribution is -0.143. The summed E-state index contributed by atoms with van der Waals surface area (Å²) in [4.78, 5) is 23.4. The largest absolute Gasteiger partial charge is 0.481 e. The third-order valence-electron chi connectivity index (χ3n) is 4.21. The lowest BCUT2D eigenvalue weighted by Crippen LogP contribution is -2.42. The number of rotatable bonds is 5. The van der Waals surface area contributed by atoms with Gasteiger partial charge in [0.2, 0.25) is 5.91 Å². The highest BCUT2D eigenvalue weighted by atomic mass is 16.4. The van der Waals surface area contributed by atoms with Crippen molar-refractivity contribution < 1.29 is 14.7 Å². The predicted octanol–water partition coefficient (Wildman–Crippen LogP) is 1.50. The van der Waals surface area contributed by atoms with Gasteiger partial charge in [-0.1, -0.05) is 19.3 Å². The maximum absolute atomic E-state index is 12.1. The number of aliphatic carboxylic acids is 1. The van der Waals surface area contributed by atoms with E-state index in [2.05, 4.69) is 10.4 Å². The van der Waals surface area contributed by atoms with Crippen molar-refractivity contribution in [3.63, 3.8) is 0 Å². The Labute approximate surface area is 124 Å². The second-order valence-corrected chi connectivity index (χ2v) is 5.70. The fourth-order valence-electron chi connectivity index (χ4n) is 2.94. The number of hydrogen-bond acceptors (Lipinski definition) is 3. The molecule has 0 aliphatic heterocycles. The van der Waals surface area contributed by atoms with Crippen LogP contribution >= 0.6 is 0 Å². The number of amides is 1. The fourth-order valence-corrected chi connectivity index (χ4v) is 2.94. The van der Waals surface area contributed by atoms with Gasteiger partial charge >= 0.3 is 5.97 Å². The summed E-state index contributed by atoms with van der Waals surface area (Å²) in [7, 11) is 1.85. The van der Waals surface area contributed by atoms with E-state index >= 15 is 0 Å². The lowest BCUT2D eigenvalue weighted by Gasteiger charge is -2.22. The van der Waals surface area contributed by atoms with Gasteiger partial charge in [0.1, 0.15) is 0 Å². The molecule has 0 saturated heterocycles. The molecule has 2 N–H and O–H groups in total. The Bertz CT molecular complexity index is 498. The number of aromatic nitrogens is 2. The first-order valence-corrected chi connectivity index (χ1v) is 7.57. The van der Waals surface area contributed by atoms with E-state index < -0.39 is 11.9 Å². The summed E-state index contributed by atoms with van der Waals surface area (Å²) in [6.45, 7) is 0. The minimum Gasteiger partial charge on any atom is -0.481 e. The van der Waals surface area contributed by atoms with Gasteiger partial charge in [0.15, 0.2) is 0 Å². The van der Waals surface area contributed by atoms with Crippen LogP contribution in [-0.2, 0) is 23.1 Å². The number of nitrogens with zero attached hydrogens (tertiary/aromatic N) is 2. The number of carboxylic acids is 1. The molecule has 21 heavy (non-hydrogen) atoms. The van der Waals surface area contributed by atoms with Crippen molar-refractivity contribution in [1.29, 1.82) is 0 Å². The summed E-state index contributed by atoms with van der Waals surface area (Å²) in [6.07, 6.45) is 7.06. The number of nitrogens with one attached hydrogen (secondary N) is 1. The van der Waals surface area contributed by atoms with E-state index in [9.17, 15) is 14.7 Å². The van der Waals surface area contributed by atoms with Gasteiger partial charge in [-0.05, 0) is 25.3 Å². The summed E-state index contributed by atoms with van der Waals surface area (Å²) in [5.41, 5.74) is 1.00. The first-order chi connectivity index (χ1) is 10.1. The summed E-state index contributed by atoms with van der Waals surface area (Å²) in [5.74, 6) is -1.32. The summed E-state index contributed by atoms with van der Waals surface area (Å²) in [5, 5.41) is 16.3. The zero-order chi connectivity index (χ0) is 15.2. The van der Waals surface area contributed by atoms with Crippen molar-refractivity contribution in [2.45, 2.75) is 51.0 Å². The Balaban J connectivity index is 1.87. The number of aryl methyl sites for hydroxylation is 2. The van der Waals surface area contributed by atoms with Crippen molar-refractivity contribution >= 4 is 11.9 Å². The quantitative estimate of drug-likeness (QED) is 0.806. The molecule has 116 valence electrons. The first kappa shape index (κ1) is 15.5. The summed E-state index contributed by atoms with van der Waals surface area (Å²) in [6, 6.07) is 1.66. The van der Waals surface area contributed by atoms with Crippen molar-refractivity contribution in [2.24, 2.45) is 13.0 Å². The van der Waals surface area contributed by atoms with Gasteiger partial charge in [-0.25, -0.2) is 0 Å². The molecule has 1 amide bonds. The van der Waals surface area contributed by atoms with E-state index in [0.29, 0.717) is 19.3 Å². The molecule has 2 rings (SSSR count). The Morgan fingerprint density at radius 3 is 2.81 bits per heavy atom. The molecule has 1 aliphatic rings. The highest BCUT2D eigenvalue weighted by molar-refractivity contribution is 5.78. The molecule has 1 saturated carbocycles. The van der Waals surface area contributed by atoms with Crippen molar-refractivity contribution in [2.75, 3.05) is 0 Å². The summed E-state index contributed by atoms with van der Waals surface area (Å²) >= 11 is 0. The lowest BCUT2D eigenvalue weighted by atomic mass is 9.94. The normalized spacial score (nSPS) is 22.5. The zero-order valence-electron chi connectivity index (χ0n) is 12.4. The second kappa shape index (κ2) is 7.24. The number of hydrogen-bond donors (Lipinski definition) is 2. The van der Waals surface area contributed by atoms with Crippen molar-refractivity contribution in [3.05, 3.63) is 18.0 Å². The molecule has 0 unspecified atom stereocenters. The van der Waals surface area contributed by atoms with Crippen molar-refractivity contribution in [1.82, 2.24) is 15.1 Å². The molecule has 0 spiro atoms. The molecule has 1 aromatic rings. The molecular weight excluding hydrogens is 270 g/mol. The Morgan fingerprint density at radius 2 is 2.14 bits per heavy atom. The van der Waals surface area contributed by atoms with Gasteiger partial charge in [0, 0.05) is 31.4 Å². The van der Waals surface area contributed by atoms with Crippen LogP contribution in [-0.4, -0.2) is 32.8 Å². The topological polar surface area (TPSA) is 84.2 Å². The van der Waals surface area contributed by atoms with Gasteiger partial charge in [-0.15, -0.1) is 0 Å². The van der Waals surface area contributed by atoms with Gasteiger partial charge in [-0.3, -0.25) is 14.3 Å². The average molecular weight is 293 g/mol. The van der Waals surface area contributed by atoms with E-state index in [1.807, 2.05) is 13.1 Å². The first-order valence-electron chi connectivity index (χ1n) is 7.57. The van der Waals surface area contributed by atoms with Crippen LogP contribution in [0.3, 0.4) is 0 Å². The van der Waals surface area contributed by atoms with Crippen molar-refractivity contribution in [3.8, 4) is 0 Å². The SMILES string of the molecule is Cn1nccc1CCC(=O)N[C@H]1CCCCC[C@H]1C(=O)O. The monoisotopic (exact) mass is 293 g/mol. The predicted molar refractivity (Wildman–Crippen MR) is 77.7 cm³/mol. The third kappa shape index (κ3) is 4.31. The van der Waals surface area contributed by atoms with Crippen LogP contribution in [0.25, 0.3) is 0 Å². The molecule has 2 atom stereocenters. The smallest absolute Gasteiger partial charge is 0.308 e. The minimum atomic E-state index is -0.797. The molecule has 1 aromatic heterocycles. The highest BCUT2D eigenvalue weighted by Crippen LogP contribution is 2.24. The zero-order valence-corrected chi connectivity index (χ0v) is 12.4. The number of carbonyl (C=O) groups is 2. The van der Waals surface area contributed by atoms with Crippen LogP contribution in [0.15, 0.2) is 12.3 Å². The van der Waals surface area contributed by atoms with Gasteiger partial charge in [-0.2, -0.15) is 5.10 Å². The highest BCUT2D eigenvalue weighted by Gasteiger charge is 2.30. The van der Waals surface area contributed by atoms with Crippen LogP contribution in [0.4, 0.5) is 0 Å². The molecule has 1 heterocycles. The van der Waals surface area contributed by atoms with Gasteiger partial charge < -0.3 is 10.4 Å². The maximum atomic E-state index is 12.1. The van der Waals surface area contributed by atoms with E-state index in [4.69, 9.17) is 0 Å². The van der Waals surface area contributed by atoms with E-state index in [-0.39, 0.29) is 11.9 Å². The molecule has 6 nitrogen and oxygen atoms in total. The van der Waals surface area contributed by atoms with E-state index in [1.54, 1.807) is 10.9 Å². The molecule has 1 aliphatic carbocycles. The standard InChI is InChI=1S/C15H23N3O3/c1-18-11(9-10-16-18)7-8-14(19)17-13-6-4-2-3-5-12(13)15(20)21/h9-10,12-13H,2-8H2,1H3,(H,17,19)(H,20,21)/t12-,13+/m1/s1. The van der Waals surface area contributed by atoms with E-state index in [0.717, 1.165) is 31.4 Å². The van der Waals surface area contributed by atoms with Gasteiger partial charge in [0.05, 0.1) is 5.92 Å². The van der Waals surface area contributed by atoms with Crippen LogP contribution in [0.5, 0.6) is 0 Å². The molecule has 0 radical (unpaired) electrons. The number of carboxylic acid groups (broad SMARTS) is 1. The third-order valence-corrected chi connectivity index (χ3v) is 4.21. The van der Waals surface area contributed by atoms with Crippen LogP contribution in [0.2, 0.25) is 0 Å². The Kier molecular flexibility index (Phi) is 5.36. The molecule has 6 heteroatoms. The Hall–Kier alpha value is -1.85. The number of carbonyl (C=O) groups excluding carboxylic acids is 1. The molecule has 0 bridgehead atoms. The molecule has 1 fully saturated rings. The maximum Gasteiger partial charge on any atom is 0.308 e. The Morgan fingerprint density at radius 1 is 1.38 bits per heavy atom. The van der Waals surface area contributed by atoms with Gasteiger partial charge in [0.25, 0.3) is 0 Å². The molecular formula is C15H23N3O3. The molecule has 0 aromatic carbocycles. The van der Waals surface area contributed by atoms with E-state index in [1.165, 1.54) is 0 Å². The minimum absolute atomic E-state index is 0.0747. The van der Waals surface area contributed by atoms with Crippen LogP contribution in [0.1, 0.15) is 44.2 Å².